The minimum atomic E-state index is 0.700. The maximum atomic E-state index is 5.70. The third kappa shape index (κ3) is 3.78. The number of hydrogen-bond donors (Lipinski definition) is 1. The lowest BCUT2D eigenvalue weighted by atomic mass is 9.90. The predicted octanol–water partition coefficient (Wildman–Crippen LogP) is 2.45. The van der Waals surface area contributed by atoms with E-state index < -0.39 is 0 Å². The lowest BCUT2D eigenvalue weighted by Gasteiger charge is -2.38. The molecule has 0 aliphatic carbocycles. The molecule has 0 aromatic heterocycles. The Bertz CT molecular complexity index is 216. The molecule has 0 aromatic carbocycles. The number of nitrogens with one attached hydrogen (secondary N) is 1. The first-order valence-electron chi connectivity index (χ1n) is 5.86. The predicted molar refractivity (Wildman–Crippen MR) is 67.3 cm³/mol. The molecule has 1 heterocycles. The van der Waals surface area contributed by atoms with Crippen LogP contribution in [0, 0.1) is 5.92 Å². The summed E-state index contributed by atoms with van der Waals surface area (Å²) in [5.41, 5.74) is 2.96. The Morgan fingerprint density at radius 1 is 1.60 bits per heavy atom. The maximum absolute atomic E-state index is 5.70. The van der Waals surface area contributed by atoms with Gasteiger partial charge in [-0.25, -0.2) is 0 Å². The molecule has 15 heavy (non-hydrogen) atoms. The average Bonchev–Trinajstić information content (AvgIpc) is 2.28. The van der Waals surface area contributed by atoms with Gasteiger partial charge in [0.2, 0.25) is 0 Å². The van der Waals surface area contributed by atoms with Gasteiger partial charge in [0.25, 0.3) is 0 Å². The second-order valence-corrected chi connectivity index (χ2v) is 4.76. The van der Waals surface area contributed by atoms with Crippen molar-refractivity contribution in [1.82, 2.24) is 10.2 Å². The van der Waals surface area contributed by atoms with Crippen LogP contribution in [0.15, 0.2) is 11.1 Å². The van der Waals surface area contributed by atoms with Crippen LogP contribution in [0.4, 0.5) is 0 Å². The second-order valence-electron chi connectivity index (χ2n) is 4.54. The number of rotatable bonds is 4. The number of hydrogen-bond acceptors (Lipinski definition) is 2. The zero-order chi connectivity index (χ0) is 11.3. The van der Waals surface area contributed by atoms with Crippen molar-refractivity contribution in [3.63, 3.8) is 0 Å². The summed E-state index contributed by atoms with van der Waals surface area (Å²) in [7, 11) is 2.08. The number of nitrogens with zero attached hydrogens (tertiary/aromatic N) is 1. The Morgan fingerprint density at radius 3 is 2.87 bits per heavy atom. The highest BCUT2D eigenvalue weighted by molar-refractivity contribution is 6.25. The molecule has 0 saturated carbocycles. The van der Waals surface area contributed by atoms with Crippen molar-refractivity contribution >= 4 is 11.6 Å². The van der Waals surface area contributed by atoms with Gasteiger partial charge in [0.05, 0.1) is 0 Å². The molecule has 0 aromatic rings. The Labute approximate surface area is 98.7 Å². The Morgan fingerprint density at radius 2 is 2.33 bits per heavy atom. The van der Waals surface area contributed by atoms with E-state index in [1.54, 1.807) is 5.54 Å². The maximum Gasteiger partial charge on any atom is 0.0202 e. The molecule has 1 N–H and O–H groups in total. The molecule has 1 rings (SSSR count). The molecule has 1 aliphatic rings. The van der Waals surface area contributed by atoms with Gasteiger partial charge >= 0.3 is 0 Å². The summed E-state index contributed by atoms with van der Waals surface area (Å²) in [5.74, 6) is 0.784. The lowest BCUT2D eigenvalue weighted by Crippen LogP contribution is -2.48. The molecule has 0 bridgehead atoms. The van der Waals surface area contributed by atoms with Crippen LogP contribution in [0.25, 0.3) is 0 Å². The first-order valence-corrected chi connectivity index (χ1v) is 6.30. The van der Waals surface area contributed by atoms with Gasteiger partial charge in [0.15, 0.2) is 0 Å². The van der Waals surface area contributed by atoms with Crippen LogP contribution in [0.2, 0.25) is 0 Å². The minimum absolute atomic E-state index is 0.700. The van der Waals surface area contributed by atoms with Gasteiger partial charge in [-0.3, -0.25) is 4.90 Å². The minimum Gasteiger partial charge on any atom is -0.317 e. The fraction of sp³-hybridized carbons (Fsp3) is 0.833. The van der Waals surface area contributed by atoms with Gasteiger partial charge in [-0.05, 0) is 38.4 Å². The van der Waals surface area contributed by atoms with Crippen LogP contribution >= 0.6 is 11.6 Å². The quantitative estimate of drug-likeness (QED) is 0.798. The van der Waals surface area contributed by atoms with Crippen molar-refractivity contribution in [2.24, 2.45) is 5.92 Å². The second kappa shape index (κ2) is 6.51. The topological polar surface area (TPSA) is 15.3 Å². The van der Waals surface area contributed by atoms with Crippen LogP contribution in [-0.4, -0.2) is 37.6 Å². The first kappa shape index (κ1) is 13.0. The Balaban J connectivity index is 2.45. The highest BCUT2D eigenvalue weighted by atomic mass is 35.5. The summed E-state index contributed by atoms with van der Waals surface area (Å²) in [5, 5.41) is 3.43. The fourth-order valence-electron chi connectivity index (χ4n) is 2.43. The van der Waals surface area contributed by atoms with E-state index in [4.69, 9.17) is 11.6 Å². The highest BCUT2D eigenvalue weighted by Crippen LogP contribution is 2.20. The average molecular weight is 231 g/mol. The molecule has 2 unspecified atom stereocenters. The summed E-state index contributed by atoms with van der Waals surface area (Å²) in [4.78, 5) is 2.51. The Kier molecular flexibility index (Phi) is 5.65. The Hall–Kier alpha value is -0.0500. The van der Waals surface area contributed by atoms with E-state index >= 15 is 0 Å². The third-order valence-electron chi connectivity index (χ3n) is 3.37. The van der Waals surface area contributed by atoms with Crippen molar-refractivity contribution < 1.29 is 0 Å². The van der Waals surface area contributed by atoms with Crippen LogP contribution < -0.4 is 5.32 Å². The SMILES string of the molecule is CCC1CN(CC(C)=CCl)CCC1NC. The van der Waals surface area contributed by atoms with Crippen LogP contribution in [0.1, 0.15) is 26.7 Å². The number of piperidine rings is 1. The number of halogens is 1. The fourth-order valence-corrected chi connectivity index (χ4v) is 2.50. The normalized spacial score (nSPS) is 29.5. The molecule has 1 fully saturated rings. The molecular formula is C12H23ClN2. The molecule has 2 nitrogen and oxygen atoms in total. The van der Waals surface area contributed by atoms with Crippen LogP contribution in [-0.2, 0) is 0 Å². The highest BCUT2D eigenvalue weighted by Gasteiger charge is 2.26. The summed E-state index contributed by atoms with van der Waals surface area (Å²) in [6.07, 6.45) is 2.51. The van der Waals surface area contributed by atoms with Crippen molar-refractivity contribution in [2.75, 3.05) is 26.7 Å². The van der Waals surface area contributed by atoms with E-state index in [1.807, 2.05) is 0 Å². The van der Waals surface area contributed by atoms with E-state index in [2.05, 4.69) is 31.1 Å². The third-order valence-corrected chi connectivity index (χ3v) is 3.75. The van der Waals surface area contributed by atoms with Gasteiger partial charge in [-0.2, -0.15) is 0 Å². The van der Waals surface area contributed by atoms with Crippen molar-refractivity contribution in [2.45, 2.75) is 32.7 Å². The monoisotopic (exact) mass is 230 g/mol. The summed E-state index contributed by atoms with van der Waals surface area (Å²) in [6, 6.07) is 0.700. The van der Waals surface area contributed by atoms with Gasteiger partial charge in [0.1, 0.15) is 0 Å². The molecule has 1 saturated heterocycles. The summed E-state index contributed by atoms with van der Waals surface area (Å²) in [6.45, 7) is 7.78. The zero-order valence-corrected chi connectivity index (χ0v) is 10.8. The summed E-state index contributed by atoms with van der Waals surface area (Å²) < 4.78 is 0. The van der Waals surface area contributed by atoms with E-state index in [0.717, 1.165) is 12.5 Å². The lowest BCUT2D eigenvalue weighted by molar-refractivity contribution is 0.148. The van der Waals surface area contributed by atoms with E-state index in [9.17, 15) is 0 Å². The molecular weight excluding hydrogens is 208 g/mol. The largest absolute Gasteiger partial charge is 0.317 e. The molecule has 0 radical (unpaired) electrons. The van der Waals surface area contributed by atoms with Crippen molar-refractivity contribution in [3.05, 3.63) is 11.1 Å². The molecule has 3 heteroatoms. The standard InChI is InChI=1S/C12H23ClN2/c1-4-11-9-15(8-10(2)7-13)6-5-12(11)14-3/h7,11-12,14H,4-6,8-9H2,1-3H3. The summed E-state index contributed by atoms with van der Waals surface area (Å²) >= 11 is 5.70. The van der Waals surface area contributed by atoms with Crippen molar-refractivity contribution in [3.8, 4) is 0 Å². The smallest absolute Gasteiger partial charge is 0.0202 e. The van der Waals surface area contributed by atoms with Crippen LogP contribution in [0.3, 0.4) is 0 Å². The van der Waals surface area contributed by atoms with Gasteiger partial charge in [0, 0.05) is 24.7 Å². The zero-order valence-electron chi connectivity index (χ0n) is 10.1. The van der Waals surface area contributed by atoms with Crippen molar-refractivity contribution in [1.29, 1.82) is 0 Å². The molecule has 1 aliphatic heterocycles. The van der Waals surface area contributed by atoms with Gasteiger partial charge < -0.3 is 5.32 Å². The first-order chi connectivity index (χ1) is 7.21. The van der Waals surface area contributed by atoms with E-state index in [1.165, 1.54) is 31.5 Å². The van der Waals surface area contributed by atoms with E-state index in [0.29, 0.717) is 6.04 Å². The molecule has 0 amide bonds. The van der Waals surface area contributed by atoms with Gasteiger partial charge in [-0.1, -0.05) is 24.9 Å². The van der Waals surface area contributed by atoms with E-state index in [-0.39, 0.29) is 0 Å². The van der Waals surface area contributed by atoms with Crippen LogP contribution in [0.5, 0.6) is 0 Å². The molecule has 0 spiro atoms. The number of likely N-dealkylation sites (tertiary alicyclic amines) is 1. The van der Waals surface area contributed by atoms with Gasteiger partial charge in [-0.15, -0.1) is 0 Å². The molecule has 2 atom stereocenters. The molecule has 88 valence electrons.